The van der Waals surface area contributed by atoms with E-state index in [4.69, 9.17) is 0 Å². The summed E-state index contributed by atoms with van der Waals surface area (Å²) in [4.78, 5) is 0. The Morgan fingerprint density at radius 2 is 1.67 bits per heavy atom. The number of benzene rings is 1. The summed E-state index contributed by atoms with van der Waals surface area (Å²) in [5, 5.41) is 9.65. The van der Waals surface area contributed by atoms with Crippen molar-refractivity contribution in [2.45, 2.75) is 32.3 Å². The second-order valence-corrected chi connectivity index (χ2v) is 3.07. The Hall–Kier alpha value is -0.186. The van der Waals surface area contributed by atoms with Crippen molar-refractivity contribution >= 4 is 0 Å². The Kier molecular flexibility index (Phi) is 16.1. The molecule has 1 N–H and O–H groups in total. The molecular formula is C11H16O3Ti. The minimum Gasteiger partial charge on any atom is -2.00 e. The molecule has 3 nitrogen and oxygen atoms in total. The zero-order valence-corrected chi connectivity index (χ0v) is 10.4. The molecule has 0 aliphatic carbocycles. The Morgan fingerprint density at radius 3 is 2.13 bits per heavy atom. The molecule has 1 unspecified atom stereocenters. The molecule has 0 aliphatic heterocycles. The van der Waals surface area contributed by atoms with Crippen LogP contribution in [0.5, 0.6) is 0 Å². The minimum atomic E-state index is -0.272. The van der Waals surface area contributed by atoms with Gasteiger partial charge in [-0.15, -0.1) is 0 Å². The van der Waals surface area contributed by atoms with Gasteiger partial charge in [0, 0.05) is 0 Å². The molecule has 1 atom stereocenters. The minimum absolute atomic E-state index is 0. The molecule has 0 bridgehead atoms. The molecule has 0 radical (unpaired) electrons. The maximum atomic E-state index is 9.65. The summed E-state index contributed by atoms with van der Waals surface area (Å²) >= 11 is 0. The van der Waals surface area contributed by atoms with Crippen LogP contribution >= 0.6 is 0 Å². The summed E-state index contributed by atoms with van der Waals surface area (Å²) in [6.07, 6.45) is 2.84. The Bertz CT molecular complexity index is 216. The van der Waals surface area contributed by atoms with E-state index in [9.17, 15) is 5.11 Å². The average Bonchev–Trinajstić information content (AvgIpc) is 2.15. The molecule has 0 amide bonds. The van der Waals surface area contributed by atoms with Crippen molar-refractivity contribution in [3.63, 3.8) is 0 Å². The number of rotatable bonds is 4. The summed E-state index contributed by atoms with van der Waals surface area (Å²) < 4.78 is 0. The maximum Gasteiger partial charge on any atom is 4.00 e. The summed E-state index contributed by atoms with van der Waals surface area (Å²) in [7, 11) is 0. The van der Waals surface area contributed by atoms with E-state index in [2.05, 4.69) is 6.92 Å². The monoisotopic (exact) mass is 244 g/mol. The number of hydrogen-bond acceptors (Lipinski definition) is 1. The number of aliphatic hydroxyl groups is 1. The van der Waals surface area contributed by atoms with Gasteiger partial charge in [-0.05, 0) is 12.0 Å². The fourth-order valence-corrected chi connectivity index (χ4v) is 1.24. The van der Waals surface area contributed by atoms with Crippen molar-refractivity contribution in [2.75, 3.05) is 0 Å². The number of hydrogen-bond donors (Lipinski definition) is 1. The predicted octanol–water partition coefficient (Wildman–Crippen LogP) is 2.67. The molecule has 0 aromatic heterocycles. The van der Waals surface area contributed by atoms with E-state index in [-0.39, 0.29) is 38.8 Å². The third kappa shape index (κ3) is 7.71. The third-order valence-corrected chi connectivity index (χ3v) is 2.02. The van der Waals surface area contributed by atoms with Crippen LogP contribution in [0.25, 0.3) is 0 Å². The van der Waals surface area contributed by atoms with E-state index >= 15 is 0 Å². The molecule has 15 heavy (non-hydrogen) atoms. The third-order valence-electron chi connectivity index (χ3n) is 2.02. The molecule has 1 aromatic carbocycles. The van der Waals surface area contributed by atoms with Gasteiger partial charge in [-0.25, -0.2) is 0 Å². The van der Waals surface area contributed by atoms with Crippen molar-refractivity contribution in [1.82, 2.24) is 0 Å². The Morgan fingerprint density at radius 1 is 1.13 bits per heavy atom. The maximum absolute atomic E-state index is 9.65. The van der Waals surface area contributed by atoms with E-state index in [0.29, 0.717) is 0 Å². The van der Waals surface area contributed by atoms with Crippen molar-refractivity contribution in [2.24, 2.45) is 0 Å². The molecule has 0 saturated carbocycles. The van der Waals surface area contributed by atoms with E-state index < -0.39 is 0 Å². The largest absolute Gasteiger partial charge is 4.00 e. The molecule has 0 aliphatic rings. The quantitative estimate of drug-likeness (QED) is 0.812. The van der Waals surface area contributed by atoms with Gasteiger partial charge < -0.3 is 16.1 Å². The second kappa shape index (κ2) is 11.9. The zero-order valence-electron chi connectivity index (χ0n) is 8.85. The van der Waals surface area contributed by atoms with Crippen LogP contribution in [0.15, 0.2) is 30.3 Å². The zero-order chi connectivity index (χ0) is 8.81. The van der Waals surface area contributed by atoms with Crippen LogP contribution in [0.3, 0.4) is 0 Å². The Labute approximate surface area is 106 Å². The molecule has 0 saturated heterocycles. The molecule has 0 heterocycles. The molecule has 1 rings (SSSR count). The van der Waals surface area contributed by atoms with E-state index in [0.717, 1.165) is 24.8 Å². The molecule has 1 aromatic rings. The van der Waals surface area contributed by atoms with E-state index in [1.165, 1.54) is 0 Å². The summed E-state index contributed by atoms with van der Waals surface area (Å²) in [6.45, 7) is 2.14. The first-order valence-corrected chi connectivity index (χ1v) is 4.57. The first-order valence-electron chi connectivity index (χ1n) is 4.57. The van der Waals surface area contributed by atoms with Crippen molar-refractivity contribution in [1.29, 1.82) is 0 Å². The SMILES string of the molecule is CCCCC(O)c1ccccc1.[O-2].[O-2].[Ti+4]. The fourth-order valence-electron chi connectivity index (χ4n) is 1.24. The molecule has 0 fully saturated rings. The standard InChI is InChI=1S/C11H16O.2O.Ti/c1-2-3-9-11(12)10-7-5-4-6-8-10;;;/h4-8,11-12H,2-3,9H2,1H3;;;/q;2*-2;+4. The first-order chi connectivity index (χ1) is 5.84. The van der Waals surface area contributed by atoms with Gasteiger partial charge in [0.1, 0.15) is 0 Å². The molecular weight excluding hydrogens is 228 g/mol. The van der Waals surface area contributed by atoms with Gasteiger partial charge in [0.05, 0.1) is 6.10 Å². The molecule has 4 heteroatoms. The van der Waals surface area contributed by atoms with Crippen molar-refractivity contribution in [3.05, 3.63) is 35.9 Å². The van der Waals surface area contributed by atoms with Gasteiger partial charge in [0.25, 0.3) is 0 Å². The summed E-state index contributed by atoms with van der Waals surface area (Å²) in [5.41, 5.74) is 1.03. The smallest absolute Gasteiger partial charge is 2.00 e. The van der Waals surface area contributed by atoms with Crippen LogP contribution in [-0.4, -0.2) is 5.11 Å². The van der Waals surface area contributed by atoms with Crippen molar-refractivity contribution < 1.29 is 37.8 Å². The van der Waals surface area contributed by atoms with E-state index in [1.54, 1.807) is 0 Å². The summed E-state index contributed by atoms with van der Waals surface area (Å²) in [6, 6.07) is 9.84. The van der Waals surface area contributed by atoms with Crippen LogP contribution in [-0.2, 0) is 32.7 Å². The van der Waals surface area contributed by atoms with Gasteiger partial charge in [0.15, 0.2) is 0 Å². The van der Waals surface area contributed by atoms with Gasteiger partial charge in [-0.1, -0.05) is 50.1 Å². The normalized spacial score (nSPS) is 10.3. The van der Waals surface area contributed by atoms with Crippen molar-refractivity contribution in [3.8, 4) is 0 Å². The fraction of sp³-hybridized carbons (Fsp3) is 0.455. The Balaban J connectivity index is -0.000000480. The van der Waals surface area contributed by atoms with Crippen LogP contribution < -0.4 is 0 Å². The first kappa shape index (κ1) is 20.3. The van der Waals surface area contributed by atoms with Crippen LogP contribution in [0.1, 0.15) is 37.9 Å². The summed E-state index contributed by atoms with van der Waals surface area (Å²) in [5.74, 6) is 0. The van der Waals surface area contributed by atoms with Crippen LogP contribution in [0, 0.1) is 0 Å². The molecule has 0 spiro atoms. The van der Waals surface area contributed by atoms with Gasteiger partial charge in [-0.3, -0.25) is 0 Å². The second-order valence-electron chi connectivity index (χ2n) is 3.07. The van der Waals surface area contributed by atoms with Crippen LogP contribution in [0.4, 0.5) is 0 Å². The predicted molar refractivity (Wildman–Crippen MR) is 52.3 cm³/mol. The topological polar surface area (TPSA) is 77.2 Å². The number of unbranched alkanes of at least 4 members (excludes halogenated alkanes) is 1. The van der Waals surface area contributed by atoms with E-state index in [1.807, 2.05) is 30.3 Å². The van der Waals surface area contributed by atoms with Gasteiger partial charge in [-0.2, -0.15) is 0 Å². The average molecular weight is 244 g/mol. The van der Waals surface area contributed by atoms with Gasteiger partial charge in [0.2, 0.25) is 0 Å². The van der Waals surface area contributed by atoms with Crippen LogP contribution in [0.2, 0.25) is 0 Å². The molecule has 82 valence electrons. The van der Waals surface area contributed by atoms with Gasteiger partial charge >= 0.3 is 21.7 Å². The number of aliphatic hydroxyl groups excluding tert-OH is 1.